The molecule has 5 nitrogen and oxygen atoms in total. The minimum Gasteiger partial charge on any atom is -0.452 e. The molecule has 0 unspecified atom stereocenters. The van der Waals surface area contributed by atoms with Gasteiger partial charge in [-0.2, -0.15) is 0 Å². The number of rotatable bonds is 6. The molecule has 20 heavy (non-hydrogen) atoms. The van der Waals surface area contributed by atoms with Gasteiger partial charge in [-0.05, 0) is 25.0 Å². The lowest BCUT2D eigenvalue weighted by Gasteiger charge is -2.16. The molecule has 0 aromatic carbocycles. The van der Waals surface area contributed by atoms with E-state index in [1.165, 1.54) is 50.9 Å². The molecule has 0 radical (unpaired) electrons. The summed E-state index contributed by atoms with van der Waals surface area (Å²) in [6.07, 6.45) is 8.95. The fourth-order valence-corrected chi connectivity index (χ4v) is 3.39. The fraction of sp³-hybridized carbons (Fsp3) is 0.692. The quantitative estimate of drug-likeness (QED) is 0.622. The van der Waals surface area contributed by atoms with Gasteiger partial charge in [-0.3, -0.25) is 0 Å². The van der Waals surface area contributed by atoms with Gasteiger partial charge in [0.1, 0.15) is 0 Å². The largest absolute Gasteiger partial charge is 0.452 e. The molecule has 1 aliphatic carbocycles. The van der Waals surface area contributed by atoms with Crippen molar-refractivity contribution in [2.24, 2.45) is 0 Å². The maximum atomic E-state index is 11.8. The topological polar surface area (TPSA) is 71.3 Å². The summed E-state index contributed by atoms with van der Waals surface area (Å²) in [7, 11) is -3.48. The van der Waals surface area contributed by atoms with Crippen LogP contribution >= 0.6 is 12.4 Å². The second-order valence-electron chi connectivity index (χ2n) is 4.97. The Morgan fingerprint density at radius 3 is 2.45 bits per heavy atom. The Labute approximate surface area is 127 Å². The highest BCUT2D eigenvalue weighted by Gasteiger charge is 2.16. The van der Waals surface area contributed by atoms with Crippen molar-refractivity contribution >= 4 is 22.4 Å². The number of hydrogen-bond donors (Lipinski definition) is 2. The third-order valence-corrected chi connectivity index (χ3v) is 4.81. The SMILES string of the molecule is Cl.O=S(=O)(NCCNC1CCCCCC1)c1ccco1. The van der Waals surface area contributed by atoms with Crippen LogP contribution in [0.2, 0.25) is 0 Å². The summed E-state index contributed by atoms with van der Waals surface area (Å²) in [6.45, 7) is 1.05. The Bertz CT molecular complexity index is 454. The molecule has 0 spiro atoms. The van der Waals surface area contributed by atoms with Crippen molar-refractivity contribution in [3.05, 3.63) is 18.4 Å². The van der Waals surface area contributed by atoms with E-state index < -0.39 is 10.0 Å². The fourth-order valence-electron chi connectivity index (χ4n) is 2.43. The molecule has 1 fully saturated rings. The molecule has 0 amide bonds. The van der Waals surface area contributed by atoms with Crippen molar-refractivity contribution in [3.63, 3.8) is 0 Å². The third-order valence-electron chi connectivity index (χ3n) is 3.47. The van der Waals surface area contributed by atoms with Crippen LogP contribution in [0.4, 0.5) is 0 Å². The molecule has 0 bridgehead atoms. The van der Waals surface area contributed by atoms with Gasteiger partial charge in [0, 0.05) is 19.1 Å². The van der Waals surface area contributed by atoms with Gasteiger partial charge in [0.25, 0.3) is 10.0 Å². The molecule has 7 heteroatoms. The van der Waals surface area contributed by atoms with Crippen LogP contribution in [0, 0.1) is 0 Å². The highest BCUT2D eigenvalue weighted by atomic mass is 35.5. The van der Waals surface area contributed by atoms with E-state index in [2.05, 4.69) is 10.0 Å². The normalized spacial score (nSPS) is 17.4. The number of furan rings is 1. The first kappa shape index (κ1) is 17.5. The molecule has 116 valence electrons. The third kappa shape index (κ3) is 5.44. The number of sulfonamides is 1. The predicted octanol–water partition coefficient (Wildman–Crippen LogP) is 2.29. The molecule has 1 saturated carbocycles. The zero-order valence-corrected chi connectivity index (χ0v) is 13.1. The monoisotopic (exact) mass is 322 g/mol. The first-order valence-corrected chi connectivity index (χ1v) is 8.43. The van der Waals surface area contributed by atoms with Gasteiger partial charge in [0.15, 0.2) is 0 Å². The van der Waals surface area contributed by atoms with Gasteiger partial charge in [-0.25, -0.2) is 13.1 Å². The van der Waals surface area contributed by atoms with Gasteiger partial charge in [0.05, 0.1) is 6.26 Å². The zero-order chi connectivity index (χ0) is 13.6. The average molecular weight is 323 g/mol. The Balaban J connectivity index is 0.00000200. The molecule has 0 atom stereocenters. The summed E-state index contributed by atoms with van der Waals surface area (Å²) >= 11 is 0. The van der Waals surface area contributed by atoms with E-state index in [4.69, 9.17) is 4.42 Å². The maximum Gasteiger partial charge on any atom is 0.273 e. The second-order valence-corrected chi connectivity index (χ2v) is 6.67. The van der Waals surface area contributed by atoms with Crippen LogP contribution in [0.1, 0.15) is 38.5 Å². The lowest BCUT2D eigenvalue weighted by molar-refractivity contribution is 0.440. The first-order chi connectivity index (χ1) is 9.18. The van der Waals surface area contributed by atoms with E-state index in [0.29, 0.717) is 19.1 Å². The molecule has 1 aromatic heterocycles. The summed E-state index contributed by atoms with van der Waals surface area (Å²) in [5.41, 5.74) is 0. The lowest BCUT2D eigenvalue weighted by atomic mass is 10.1. The van der Waals surface area contributed by atoms with Crippen LogP contribution in [0.3, 0.4) is 0 Å². The molecule has 2 N–H and O–H groups in total. The van der Waals surface area contributed by atoms with Crippen LogP contribution in [0.25, 0.3) is 0 Å². The maximum absolute atomic E-state index is 11.8. The molecule has 0 saturated heterocycles. The predicted molar refractivity (Wildman–Crippen MR) is 80.6 cm³/mol. The molecular formula is C13H23ClN2O3S. The van der Waals surface area contributed by atoms with E-state index in [1.54, 1.807) is 6.07 Å². The van der Waals surface area contributed by atoms with Crippen molar-refractivity contribution in [1.82, 2.24) is 10.0 Å². The molecule has 1 aliphatic rings. The van der Waals surface area contributed by atoms with Gasteiger partial charge in [0.2, 0.25) is 5.09 Å². The van der Waals surface area contributed by atoms with E-state index in [0.717, 1.165) is 0 Å². The summed E-state index contributed by atoms with van der Waals surface area (Å²) in [4.78, 5) is 0. The highest BCUT2D eigenvalue weighted by molar-refractivity contribution is 7.89. The Morgan fingerprint density at radius 2 is 1.85 bits per heavy atom. The van der Waals surface area contributed by atoms with Crippen molar-refractivity contribution in [2.75, 3.05) is 13.1 Å². The molecule has 1 heterocycles. The van der Waals surface area contributed by atoms with E-state index in [9.17, 15) is 8.42 Å². The lowest BCUT2D eigenvalue weighted by Crippen LogP contribution is -2.36. The minimum atomic E-state index is -3.48. The van der Waals surface area contributed by atoms with Gasteiger partial charge in [-0.15, -0.1) is 12.4 Å². The van der Waals surface area contributed by atoms with Gasteiger partial charge < -0.3 is 9.73 Å². The first-order valence-electron chi connectivity index (χ1n) is 6.95. The standard InChI is InChI=1S/C13H22N2O3S.ClH/c16-19(17,13-8-5-11-18-13)15-10-9-14-12-6-3-1-2-4-7-12;/h5,8,11-12,14-15H,1-4,6-7,9-10H2;1H. The Morgan fingerprint density at radius 1 is 1.15 bits per heavy atom. The Kier molecular flexibility index (Phi) is 7.58. The van der Waals surface area contributed by atoms with Crippen LogP contribution in [-0.4, -0.2) is 27.5 Å². The van der Waals surface area contributed by atoms with Crippen LogP contribution in [0.15, 0.2) is 27.9 Å². The van der Waals surface area contributed by atoms with Crippen molar-refractivity contribution in [1.29, 1.82) is 0 Å². The average Bonchev–Trinajstić information content (AvgIpc) is 2.81. The van der Waals surface area contributed by atoms with E-state index in [1.807, 2.05) is 0 Å². The van der Waals surface area contributed by atoms with E-state index in [-0.39, 0.29) is 17.5 Å². The van der Waals surface area contributed by atoms with Crippen molar-refractivity contribution in [2.45, 2.75) is 49.7 Å². The van der Waals surface area contributed by atoms with Crippen LogP contribution < -0.4 is 10.0 Å². The number of halogens is 1. The van der Waals surface area contributed by atoms with Crippen molar-refractivity contribution < 1.29 is 12.8 Å². The smallest absolute Gasteiger partial charge is 0.273 e. The number of nitrogens with one attached hydrogen (secondary N) is 2. The summed E-state index contributed by atoms with van der Waals surface area (Å²) < 4.78 is 31.0. The highest BCUT2D eigenvalue weighted by Crippen LogP contribution is 2.16. The molecule has 1 aromatic rings. The summed E-state index contributed by atoms with van der Waals surface area (Å²) in [5, 5.41) is 3.40. The minimum absolute atomic E-state index is 0. The summed E-state index contributed by atoms with van der Waals surface area (Å²) in [6, 6.07) is 3.55. The molecule has 2 rings (SSSR count). The van der Waals surface area contributed by atoms with Crippen molar-refractivity contribution in [3.8, 4) is 0 Å². The molecular weight excluding hydrogens is 300 g/mol. The van der Waals surface area contributed by atoms with Crippen LogP contribution in [-0.2, 0) is 10.0 Å². The Hall–Kier alpha value is -0.560. The second kappa shape index (κ2) is 8.67. The van der Waals surface area contributed by atoms with Crippen LogP contribution in [0.5, 0.6) is 0 Å². The summed E-state index contributed by atoms with van der Waals surface area (Å²) in [5.74, 6) is 0. The zero-order valence-electron chi connectivity index (χ0n) is 11.5. The van der Waals surface area contributed by atoms with Gasteiger partial charge >= 0.3 is 0 Å². The molecule has 0 aliphatic heterocycles. The van der Waals surface area contributed by atoms with E-state index >= 15 is 0 Å². The number of hydrogen-bond acceptors (Lipinski definition) is 4. The van der Waals surface area contributed by atoms with Gasteiger partial charge in [-0.1, -0.05) is 25.7 Å².